The van der Waals surface area contributed by atoms with Crippen LogP contribution in [0, 0.1) is 16.0 Å². The van der Waals surface area contributed by atoms with Gasteiger partial charge in [0.25, 0.3) is 5.91 Å². The van der Waals surface area contributed by atoms with Crippen molar-refractivity contribution in [3.8, 4) is 16.8 Å². The van der Waals surface area contributed by atoms with E-state index in [1.165, 1.54) is 4.68 Å². The SMILES string of the molecule is O=C1NCCc2cc(-c3cn(-c4cccc(NC(=O)C5CC5)c4)nc3[N+](=O)[O-])ccc21. The fourth-order valence-electron chi connectivity index (χ4n) is 3.75. The molecule has 156 valence electrons. The molecule has 0 atom stereocenters. The molecule has 0 spiro atoms. The molecule has 3 aromatic rings. The maximum absolute atomic E-state index is 12.0. The molecule has 2 aromatic carbocycles. The molecule has 0 radical (unpaired) electrons. The number of fused-ring (bicyclic) bond motifs is 1. The molecule has 9 nitrogen and oxygen atoms in total. The third-order valence-electron chi connectivity index (χ3n) is 5.53. The molecule has 2 N–H and O–H groups in total. The second-order valence-corrected chi connectivity index (χ2v) is 7.76. The molecule has 1 aromatic heterocycles. The Morgan fingerprint density at radius 1 is 1.19 bits per heavy atom. The lowest BCUT2D eigenvalue weighted by Crippen LogP contribution is -2.31. The first-order chi connectivity index (χ1) is 15.0. The van der Waals surface area contributed by atoms with Crippen LogP contribution < -0.4 is 10.6 Å². The molecule has 5 rings (SSSR count). The molecule has 1 fully saturated rings. The Morgan fingerprint density at radius 3 is 2.81 bits per heavy atom. The maximum atomic E-state index is 12.0. The lowest BCUT2D eigenvalue weighted by atomic mass is 9.96. The fraction of sp³-hybridized carbons (Fsp3) is 0.227. The zero-order valence-corrected chi connectivity index (χ0v) is 16.5. The first-order valence-corrected chi connectivity index (χ1v) is 10.1. The minimum Gasteiger partial charge on any atom is -0.358 e. The van der Waals surface area contributed by atoms with E-state index in [4.69, 9.17) is 0 Å². The van der Waals surface area contributed by atoms with Crippen LogP contribution in [0.4, 0.5) is 11.5 Å². The van der Waals surface area contributed by atoms with E-state index in [9.17, 15) is 19.7 Å². The van der Waals surface area contributed by atoms with Gasteiger partial charge in [0.1, 0.15) is 5.56 Å². The van der Waals surface area contributed by atoms with Crippen LogP contribution in [0.3, 0.4) is 0 Å². The predicted octanol–water partition coefficient (Wildman–Crippen LogP) is 3.08. The third-order valence-corrected chi connectivity index (χ3v) is 5.53. The summed E-state index contributed by atoms with van der Waals surface area (Å²) in [5.74, 6) is -0.342. The van der Waals surface area contributed by atoms with E-state index in [2.05, 4.69) is 15.7 Å². The number of nitro groups is 1. The van der Waals surface area contributed by atoms with E-state index in [1.54, 1.807) is 42.6 Å². The first-order valence-electron chi connectivity index (χ1n) is 10.1. The number of benzene rings is 2. The number of amides is 2. The van der Waals surface area contributed by atoms with Crippen LogP contribution in [0.2, 0.25) is 0 Å². The summed E-state index contributed by atoms with van der Waals surface area (Å²) in [7, 11) is 0. The number of nitrogens with one attached hydrogen (secondary N) is 2. The van der Waals surface area contributed by atoms with Crippen molar-refractivity contribution in [1.82, 2.24) is 15.1 Å². The van der Waals surface area contributed by atoms with Crippen molar-refractivity contribution in [2.45, 2.75) is 19.3 Å². The number of rotatable bonds is 5. The Labute approximate surface area is 177 Å². The van der Waals surface area contributed by atoms with Gasteiger partial charge in [0.15, 0.2) is 0 Å². The van der Waals surface area contributed by atoms with Crippen LogP contribution in [-0.2, 0) is 11.2 Å². The Bertz CT molecular complexity index is 1230. The van der Waals surface area contributed by atoms with Crippen molar-refractivity contribution in [2.75, 3.05) is 11.9 Å². The van der Waals surface area contributed by atoms with Gasteiger partial charge in [-0.25, -0.2) is 0 Å². The van der Waals surface area contributed by atoms with Crippen molar-refractivity contribution < 1.29 is 14.5 Å². The first kappa shape index (κ1) is 19.0. The molecule has 9 heteroatoms. The molecule has 0 bridgehead atoms. The number of nitrogens with zero attached hydrogens (tertiary/aromatic N) is 3. The van der Waals surface area contributed by atoms with E-state index in [0.29, 0.717) is 41.0 Å². The second-order valence-electron chi connectivity index (χ2n) is 7.76. The van der Waals surface area contributed by atoms with Gasteiger partial charge in [0, 0.05) is 23.7 Å². The van der Waals surface area contributed by atoms with Crippen LogP contribution in [0.1, 0.15) is 28.8 Å². The zero-order valence-electron chi connectivity index (χ0n) is 16.5. The summed E-state index contributed by atoms with van der Waals surface area (Å²) in [5.41, 5.74) is 3.65. The number of hydrogen-bond acceptors (Lipinski definition) is 5. The van der Waals surface area contributed by atoms with Gasteiger partial charge in [-0.3, -0.25) is 9.59 Å². The summed E-state index contributed by atoms with van der Waals surface area (Å²) in [6.07, 6.45) is 4.08. The normalized spacial score (nSPS) is 15.2. The smallest absolute Gasteiger partial charge is 0.358 e. The van der Waals surface area contributed by atoms with Gasteiger partial charge in [0.2, 0.25) is 5.91 Å². The predicted molar refractivity (Wildman–Crippen MR) is 113 cm³/mol. The molecule has 1 aliphatic heterocycles. The number of anilines is 1. The highest BCUT2D eigenvalue weighted by Crippen LogP contribution is 2.33. The summed E-state index contributed by atoms with van der Waals surface area (Å²) in [5, 5.41) is 21.5. The van der Waals surface area contributed by atoms with Crippen molar-refractivity contribution in [3.63, 3.8) is 0 Å². The van der Waals surface area contributed by atoms with Crippen molar-refractivity contribution in [1.29, 1.82) is 0 Å². The van der Waals surface area contributed by atoms with E-state index < -0.39 is 4.92 Å². The second kappa shape index (κ2) is 7.35. The van der Waals surface area contributed by atoms with Crippen LogP contribution in [0.5, 0.6) is 0 Å². The van der Waals surface area contributed by atoms with Gasteiger partial charge >= 0.3 is 5.82 Å². The van der Waals surface area contributed by atoms with Crippen LogP contribution in [0.25, 0.3) is 16.8 Å². The zero-order chi connectivity index (χ0) is 21.5. The van der Waals surface area contributed by atoms with Crippen LogP contribution >= 0.6 is 0 Å². The Morgan fingerprint density at radius 2 is 2.03 bits per heavy atom. The number of hydrogen-bond donors (Lipinski definition) is 2. The van der Waals surface area contributed by atoms with Crippen molar-refractivity contribution in [2.24, 2.45) is 5.92 Å². The Balaban J connectivity index is 1.51. The van der Waals surface area contributed by atoms with Crippen LogP contribution in [0.15, 0.2) is 48.7 Å². The van der Waals surface area contributed by atoms with Crippen LogP contribution in [-0.4, -0.2) is 33.1 Å². The molecule has 1 saturated carbocycles. The monoisotopic (exact) mass is 417 g/mol. The molecule has 2 amide bonds. The molecular weight excluding hydrogens is 398 g/mol. The molecule has 0 unspecified atom stereocenters. The van der Waals surface area contributed by atoms with Gasteiger partial charge in [-0.15, -0.1) is 4.68 Å². The van der Waals surface area contributed by atoms with E-state index in [0.717, 1.165) is 18.4 Å². The summed E-state index contributed by atoms with van der Waals surface area (Å²) >= 11 is 0. The van der Waals surface area contributed by atoms with E-state index in [1.807, 2.05) is 6.07 Å². The summed E-state index contributed by atoms with van der Waals surface area (Å²) < 4.78 is 1.44. The highest BCUT2D eigenvalue weighted by molar-refractivity contribution is 5.97. The highest BCUT2D eigenvalue weighted by Gasteiger charge is 2.30. The average molecular weight is 417 g/mol. The molecule has 0 saturated heterocycles. The van der Waals surface area contributed by atoms with E-state index >= 15 is 0 Å². The maximum Gasteiger partial charge on any atom is 0.398 e. The molecule has 2 aliphatic rings. The fourth-order valence-corrected chi connectivity index (χ4v) is 3.75. The van der Waals surface area contributed by atoms with Gasteiger partial charge in [-0.05, 0) is 65.6 Å². The third kappa shape index (κ3) is 3.65. The van der Waals surface area contributed by atoms with Gasteiger partial charge in [0.05, 0.1) is 17.0 Å². The van der Waals surface area contributed by atoms with Gasteiger partial charge < -0.3 is 20.7 Å². The van der Waals surface area contributed by atoms with Gasteiger partial charge in [-0.2, -0.15) is 0 Å². The van der Waals surface area contributed by atoms with Gasteiger partial charge in [-0.1, -0.05) is 12.1 Å². The minimum absolute atomic E-state index is 0.0117. The number of aromatic nitrogens is 2. The Kier molecular flexibility index (Phi) is 4.50. The Hall–Kier alpha value is -4.01. The lowest BCUT2D eigenvalue weighted by molar-refractivity contribution is -0.389. The largest absolute Gasteiger partial charge is 0.398 e. The standard InChI is InChI=1S/C22H19N5O4/c28-21(13-4-5-13)24-16-2-1-3-17(11-16)26-12-19(20(25-26)27(30)31)14-6-7-18-15(10-14)8-9-23-22(18)29/h1-3,6-7,10-13H,4-5,8-9H2,(H,23,29)(H,24,28). The number of carbonyl (C=O) groups is 2. The lowest BCUT2D eigenvalue weighted by Gasteiger charge is -2.16. The molecule has 1 aliphatic carbocycles. The molecule has 31 heavy (non-hydrogen) atoms. The average Bonchev–Trinajstić information content (AvgIpc) is 3.52. The molecular formula is C22H19N5O4. The topological polar surface area (TPSA) is 119 Å². The van der Waals surface area contributed by atoms with E-state index in [-0.39, 0.29) is 23.6 Å². The quantitative estimate of drug-likeness (QED) is 0.488. The summed E-state index contributed by atoms with van der Waals surface area (Å²) in [4.78, 5) is 35.2. The summed E-state index contributed by atoms with van der Waals surface area (Å²) in [6, 6.07) is 12.2. The minimum atomic E-state index is -0.517. The number of carbonyl (C=O) groups excluding carboxylic acids is 2. The summed E-state index contributed by atoms with van der Waals surface area (Å²) in [6.45, 7) is 0.538. The molecule has 2 heterocycles. The highest BCUT2D eigenvalue weighted by atomic mass is 16.6. The van der Waals surface area contributed by atoms with Crippen molar-refractivity contribution in [3.05, 3.63) is 69.9 Å². The van der Waals surface area contributed by atoms with Crippen molar-refractivity contribution >= 4 is 23.3 Å².